The number of halogens is 1. The van der Waals surface area contributed by atoms with Gasteiger partial charge in [0.25, 0.3) is 0 Å². The van der Waals surface area contributed by atoms with Gasteiger partial charge in [-0.25, -0.2) is 4.68 Å². The number of rotatable bonds is 5. The Hall–Kier alpha value is -2.25. The quantitative estimate of drug-likeness (QED) is 0.697. The summed E-state index contributed by atoms with van der Waals surface area (Å²) < 4.78 is 13.0. The highest BCUT2D eigenvalue weighted by Gasteiger charge is 2.08. The van der Waals surface area contributed by atoms with E-state index in [4.69, 9.17) is 33.0 Å². The van der Waals surface area contributed by atoms with Crippen LogP contribution in [0.3, 0.4) is 0 Å². The van der Waals surface area contributed by atoms with Gasteiger partial charge in [-0.15, -0.1) is 0 Å². The lowest BCUT2D eigenvalue weighted by Crippen LogP contribution is -2.12. The Morgan fingerprint density at radius 2 is 2.27 bits per heavy atom. The fourth-order valence-electron chi connectivity index (χ4n) is 1.97. The van der Waals surface area contributed by atoms with Crippen molar-refractivity contribution in [2.75, 3.05) is 12.5 Å². The van der Waals surface area contributed by atoms with Gasteiger partial charge in [0.15, 0.2) is 0 Å². The van der Waals surface area contributed by atoms with E-state index in [9.17, 15) is 0 Å². The van der Waals surface area contributed by atoms with Gasteiger partial charge in [-0.05, 0) is 42.5 Å². The first-order valence-corrected chi connectivity index (χ1v) is 7.24. The van der Waals surface area contributed by atoms with E-state index in [0.29, 0.717) is 22.1 Å². The zero-order valence-electron chi connectivity index (χ0n) is 11.7. The van der Waals surface area contributed by atoms with E-state index < -0.39 is 0 Å². The molecule has 8 heteroatoms. The minimum absolute atomic E-state index is 0.484. The van der Waals surface area contributed by atoms with E-state index in [1.807, 2.05) is 30.3 Å². The molecule has 0 atom stereocenters. The predicted molar refractivity (Wildman–Crippen MR) is 86.2 cm³/mol. The van der Waals surface area contributed by atoms with E-state index in [1.54, 1.807) is 18.1 Å². The van der Waals surface area contributed by atoms with Crippen molar-refractivity contribution in [1.82, 2.24) is 14.9 Å². The van der Waals surface area contributed by atoms with Crippen molar-refractivity contribution in [3.63, 3.8) is 0 Å². The van der Waals surface area contributed by atoms with Crippen LogP contribution in [-0.2, 0) is 6.54 Å². The lowest BCUT2D eigenvalue weighted by molar-refractivity contribution is 0.415. The topological polar surface area (TPSA) is 68.0 Å². The van der Waals surface area contributed by atoms with Crippen LogP contribution in [0.4, 0.5) is 0 Å². The minimum atomic E-state index is 0.484. The van der Waals surface area contributed by atoms with Gasteiger partial charge in [-0.2, -0.15) is 5.10 Å². The molecule has 0 bridgehead atoms. The SMILES string of the molecule is COc1ccc(-c2ccc(CNn3cn[nH]c3=S)o2)cc1Cl. The van der Waals surface area contributed by atoms with Gasteiger partial charge >= 0.3 is 0 Å². The smallest absolute Gasteiger partial charge is 0.214 e. The third-order valence-corrected chi connectivity index (χ3v) is 3.66. The van der Waals surface area contributed by atoms with Crippen LogP contribution < -0.4 is 10.2 Å². The fraction of sp³-hybridized carbons (Fsp3) is 0.143. The summed E-state index contributed by atoms with van der Waals surface area (Å²) >= 11 is 11.2. The van der Waals surface area contributed by atoms with E-state index in [0.717, 1.165) is 17.1 Å². The van der Waals surface area contributed by atoms with Crippen LogP contribution in [-0.4, -0.2) is 22.0 Å². The maximum atomic E-state index is 6.13. The van der Waals surface area contributed by atoms with Gasteiger partial charge in [0.05, 0.1) is 18.7 Å². The van der Waals surface area contributed by atoms with Crippen LogP contribution in [0.2, 0.25) is 5.02 Å². The number of furan rings is 1. The molecule has 1 aromatic carbocycles. The summed E-state index contributed by atoms with van der Waals surface area (Å²) in [5.41, 5.74) is 3.97. The number of hydrogen-bond acceptors (Lipinski definition) is 5. The van der Waals surface area contributed by atoms with E-state index in [1.165, 1.54) is 0 Å². The average Bonchev–Trinajstić information content (AvgIpc) is 3.14. The molecule has 0 saturated carbocycles. The summed E-state index contributed by atoms with van der Waals surface area (Å²) in [5, 5.41) is 7.03. The average molecular weight is 337 g/mol. The molecule has 22 heavy (non-hydrogen) atoms. The Balaban J connectivity index is 1.74. The van der Waals surface area contributed by atoms with Crippen LogP contribution in [0, 0.1) is 4.77 Å². The highest BCUT2D eigenvalue weighted by atomic mass is 35.5. The molecular formula is C14H13ClN4O2S. The van der Waals surface area contributed by atoms with Crippen LogP contribution in [0.25, 0.3) is 11.3 Å². The maximum absolute atomic E-state index is 6.13. The van der Waals surface area contributed by atoms with Crippen molar-refractivity contribution in [1.29, 1.82) is 0 Å². The summed E-state index contributed by atoms with van der Waals surface area (Å²) in [6, 6.07) is 9.30. The first-order chi connectivity index (χ1) is 10.7. The lowest BCUT2D eigenvalue weighted by atomic mass is 10.2. The van der Waals surface area contributed by atoms with Crippen molar-refractivity contribution in [2.24, 2.45) is 0 Å². The molecule has 3 aromatic rings. The Morgan fingerprint density at radius 1 is 1.41 bits per heavy atom. The molecule has 0 saturated heterocycles. The molecule has 0 fully saturated rings. The molecule has 0 radical (unpaired) electrons. The van der Waals surface area contributed by atoms with E-state index in [-0.39, 0.29) is 0 Å². The first kappa shape index (κ1) is 14.7. The number of aromatic amines is 1. The zero-order valence-corrected chi connectivity index (χ0v) is 13.2. The molecule has 0 unspecified atom stereocenters. The second kappa shape index (κ2) is 6.25. The third kappa shape index (κ3) is 3.00. The van der Waals surface area contributed by atoms with E-state index in [2.05, 4.69) is 15.6 Å². The van der Waals surface area contributed by atoms with Crippen LogP contribution in [0.1, 0.15) is 5.76 Å². The predicted octanol–water partition coefficient (Wildman–Crippen LogP) is 3.61. The van der Waals surface area contributed by atoms with Gasteiger partial charge in [-0.1, -0.05) is 11.6 Å². The lowest BCUT2D eigenvalue weighted by Gasteiger charge is -2.05. The molecule has 2 aromatic heterocycles. The zero-order chi connectivity index (χ0) is 15.5. The number of methoxy groups -OCH3 is 1. The summed E-state index contributed by atoms with van der Waals surface area (Å²) in [5.74, 6) is 2.13. The maximum Gasteiger partial charge on any atom is 0.214 e. The van der Waals surface area contributed by atoms with E-state index >= 15 is 0 Å². The molecule has 6 nitrogen and oxygen atoms in total. The van der Waals surface area contributed by atoms with Crippen LogP contribution in [0.15, 0.2) is 41.1 Å². The van der Waals surface area contributed by atoms with Gasteiger partial charge in [0, 0.05) is 5.56 Å². The Bertz CT molecular complexity index is 839. The van der Waals surface area contributed by atoms with Gasteiger partial charge in [-0.3, -0.25) is 5.10 Å². The second-order valence-corrected chi connectivity index (χ2v) is 5.28. The summed E-state index contributed by atoms with van der Waals surface area (Å²) in [6.45, 7) is 0.484. The summed E-state index contributed by atoms with van der Waals surface area (Å²) in [6.07, 6.45) is 1.56. The number of benzene rings is 1. The van der Waals surface area contributed by atoms with Gasteiger partial charge in [0.1, 0.15) is 23.6 Å². The number of ether oxygens (including phenoxy) is 1. The van der Waals surface area contributed by atoms with Crippen molar-refractivity contribution in [2.45, 2.75) is 6.54 Å². The fourth-order valence-corrected chi connectivity index (χ4v) is 2.39. The number of aromatic nitrogens is 3. The minimum Gasteiger partial charge on any atom is -0.495 e. The summed E-state index contributed by atoms with van der Waals surface area (Å²) in [4.78, 5) is 0. The second-order valence-electron chi connectivity index (χ2n) is 4.48. The molecular weight excluding hydrogens is 324 g/mol. The Morgan fingerprint density at radius 3 is 2.95 bits per heavy atom. The van der Waals surface area contributed by atoms with Gasteiger partial charge in [0.2, 0.25) is 4.77 Å². The molecule has 0 aliphatic rings. The number of hydrogen-bond donors (Lipinski definition) is 2. The molecule has 0 aliphatic carbocycles. The molecule has 114 valence electrons. The standard InChI is InChI=1S/C14H13ClN4O2S/c1-20-13-4-2-9(6-11(13)15)12-5-3-10(21-12)7-17-19-8-16-18-14(19)22/h2-6,8,17H,7H2,1H3,(H,18,22). The Labute approximate surface area is 136 Å². The van der Waals surface area contributed by atoms with Crippen molar-refractivity contribution >= 4 is 23.8 Å². The number of H-pyrrole nitrogens is 1. The number of nitrogens with zero attached hydrogens (tertiary/aromatic N) is 2. The molecule has 0 spiro atoms. The monoisotopic (exact) mass is 336 g/mol. The first-order valence-electron chi connectivity index (χ1n) is 6.46. The highest BCUT2D eigenvalue weighted by Crippen LogP contribution is 2.31. The molecule has 2 heterocycles. The molecule has 2 N–H and O–H groups in total. The number of nitrogens with one attached hydrogen (secondary N) is 2. The molecule has 0 aliphatic heterocycles. The molecule has 0 amide bonds. The normalized spacial score (nSPS) is 10.6. The van der Waals surface area contributed by atoms with Crippen LogP contribution >= 0.6 is 23.8 Å². The van der Waals surface area contributed by atoms with Gasteiger partial charge < -0.3 is 14.6 Å². The van der Waals surface area contributed by atoms with Crippen LogP contribution in [0.5, 0.6) is 5.75 Å². The third-order valence-electron chi connectivity index (χ3n) is 3.07. The van der Waals surface area contributed by atoms with Crippen molar-refractivity contribution in [3.8, 4) is 17.1 Å². The summed E-state index contributed by atoms with van der Waals surface area (Å²) in [7, 11) is 1.58. The largest absolute Gasteiger partial charge is 0.495 e. The van der Waals surface area contributed by atoms with Crippen molar-refractivity contribution in [3.05, 3.63) is 52.2 Å². The highest BCUT2D eigenvalue weighted by molar-refractivity contribution is 7.71. The molecule has 3 rings (SSSR count). The van der Waals surface area contributed by atoms with Crippen molar-refractivity contribution < 1.29 is 9.15 Å². The Kier molecular flexibility index (Phi) is 4.17.